The van der Waals surface area contributed by atoms with E-state index in [2.05, 4.69) is 45.7 Å². The molecule has 2 aromatic carbocycles. The Labute approximate surface area is 190 Å². The first-order valence-electron chi connectivity index (χ1n) is 11.4. The summed E-state index contributed by atoms with van der Waals surface area (Å²) in [5.41, 5.74) is 4.58. The number of nitrogens with one attached hydrogen (secondary N) is 2. The van der Waals surface area contributed by atoms with Crippen LogP contribution in [0.1, 0.15) is 36.4 Å². The van der Waals surface area contributed by atoms with Crippen LogP contribution in [-0.2, 0) is 6.42 Å². The van der Waals surface area contributed by atoms with Crippen molar-refractivity contribution in [3.63, 3.8) is 0 Å². The SMILES string of the molecule is COc1cccc(NC(=O)NC[C@@H](c2ccc3c(c2)CCN3C)N2CCCCC2)c1OC. The molecular weight excluding hydrogens is 404 g/mol. The van der Waals surface area contributed by atoms with E-state index in [1.807, 2.05) is 6.07 Å². The van der Waals surface area contributed by atoms with Gasteiger partial charge in [-0.3, -0.25) is 4.90 Å². The van der Waals surface area contributed by atoms with Gasteiger partial charge in [-0.25, -0.2) is 4.79 Å². The molecule has 0 unspecified atom stereocenters. The molecule has 7 heteroatoms. The largest absolute Gasteiger partial charge is 0.493 e. The molecule has 7 nitrogen and oxygen atoms in total. The Kier molecular flexibility index (Phi) is 7.05. The van der Waals surface area contributed by atoms with Crippen LogP contribution in [0.3, 0.4) is 0 Å². The summed E-state index contributed by atoms with van der Waals surface area (Å²) in [6, 6.07) is 12.1. The average molecular weight is 439 g/mol. The van der Waals surface area contributed by atoms with Crippen LogP contribution < -0.4 is 25.0 Å². The molecule has 1 atom stereocenters. The number of benzene rings is 2. The number of nitrogens with zero attached hydrogens (tertiary/aromatic N) is 2. The monoisotopic (exact) mass is 438 g/mol. The Morgan fingerprint density at radius 1 is 1.06 bits per heavy atom. The van der Waals surface area contributed by atoms with E-state index in [-0.39, 0.29) is 12.1 Å². The fourth-order valence-electron chi connectivity index (χ4n) is 4.82. The van der Waals surface area contributed by atoms with E-state index in [4.69, 9.17) is 9.47 Å². The molecule has 1 saturated heterocycles. The van der Waals surface area contributed by atoms with Crippen LogP contribution in [0.5, 0.6) is 11.5 Å². The minimum Gasteiger partial charge on any atom is -0.493 e. The lowest BCUT2D eigenvalue weighted by molar-refractivity contribution is 0.161. The Morgan fingerprint density at radius 2 is 1.88 bits per heavy atom. The lowest BCUT2D eigenvalue weighted by Crippen LogP contribution is -2.41. The van der Waals surface area contributed by atoms with E-state index in [1.165, 1.54) is 36.1 Å². The van der Waals surface area contributed by atoms with Gasteiger partial charge in [-0.05, 0) is 61.7 Å². The first-order chi connectivity index (χ1) is 15.6. The van der Waals surface area contributed by atoms with Gasteiger partial charge < -0.3 is 25.0 Å². The first kappa shape index (κ1) is 22.3. The zero-order chi connectivity index (χ0) is 22.5. The Bertz CT molecular complexity index is 943. The van der Waals surface area contributed by atoms with E-state index in [0.29, 0.717) is 23.7 Å². The number of anilines is 2. The summed E-state index contributed by atoms with van der Waals surface area (Å²) >= 11 is 0. The van der Waals surface area contributed by atoms with E-state index in [0.717, 1.165) is 26.1 Å². The van der Waals surface area contributed by atoms with Crippen molar-refractivity contribution in [3.8, 4) is 11.5 Å². The smallest absolute Gasteiger partial charge is 0.319 e. The molecule has 0 aromatic heterocycles. The maximum Gasteiger partial charge on any atom is 0.319 e. The van der Waals surface area contributed by atoms with E-state index in [1.54, 1.807) is 26.4 Å². The molecule has 2 N–H and O–H groups in total. The van der Waals surface area contributed by atoms with Crippen molar-refractivity contribution < 1.29 is 14.3 Å². The topological polar surface area (TPSA) is 66.1 Å². The summed E-state index contributed by atoms with van der Waals surface area (Å²) < 4.78 is 10.8. The zero-order valence-corrected chi connectivity index (χ0v) is 19.3. The normalized spacial score (nSPS) is 16.9. The van der Waals surface area contributed by atoms with Crippen molar-refractivity contribution >= 4 is 17.4 Å². The van der Waals surface area contributed by atoms with Crippen molar-refractivity contribution in [2.45, 2.75) is 31.7 Å². The number of likely N-dealkylation sites (N-methyl/N-ethyl adjacent to an activating group) is 1. The predicted molar refractivity (Wildman–Crippen MR) is 128 cm³/mol. The highest BCUT2D eigenvalue weighted by Crippen LogP contribution is 2.35. The molecule has 2 aromatic rings. The van der Waals surface area contributed by atoms with E-state index in [9.17, 15) is 4.79 Å². The maximum absolute atomic E-state index is 12.8. The third-order valence-electron chi connectivity index (χ3n) is 6.55. The van der Waals surface area contributed by atoms with Crippen molar-refractivity contribution in [2.24, 2.45) is 0 Å². The number of carbonyl (C=O) groups excluding carboxylic acids is 1. The van der Waals surface area contributed by atoms with Gasteiger partial charge >= 0.3 is 6.03 Å². The molecule has 172 valence electrons. The molecule has 2 aliphatic heterocycles. The summed E-state index contributed by atoms with van der Waals surface area (Å²) in [6.07, 6.45) is 4.77. The van der Waals surface area contributed by atoms with Crippen LogP contribution in [0, 0.1) is 0 Å². The third kappa shape index (κ3) is 4.78. The van der Waals surface area contributed by atoms with Crippen molar-refractivity contribution in [3.05, 3.63) is 47.5 Å². The van der Waals surface area contributed by atoms with Gasteiger partial charge in [-0.2, -0.15) is 0 Å². The standard InChI is InChI=1S/C25H34N4O3/c1-28-15-12-19-16-18(10-11-21(19)28)22(29-13-5-4-6-14-29)17-26-25(30)27-20-8-7-9-23(31-2)24(20)32-3/h7-11,16,22H,4-6,12-15,17H2,1-3H3,(H2,26,27,30)/t22-/m0/s1. The van der Waals surface area contributed by atoms with E-state index >= 15 is 0 Å². The summed E-state index contributed by atoms with van der Waals surface area (Å²) in [6.45, 7) is 3.74. The molecule has 0 radical (unpaired) electrons. The summed E-state index contributed by atoms with van der Waals surface area (Å²) in [7, 11) is 5.30. The van der Waals surface area contributed by atoms with Crippen LogP contribution in [-0.4, -0.2) is 58.4 Å². The first-order valence-corrected chi connectivity index (χ1v) is 11.4. The number of piperidine rings is 1. The number of ether oxygens (including phenoxy) is 2. The minimum atomic E-state index is -0.251. The summed E-state index contributed by atoms with van der Waals surface area (Å²) in [5.74, 6) is 1.10. The maximum atomic E-state index is 12.8. The van der Waals surface area contributed by atoms with Gasteiger partial charge in [0.25, 0.3) is 0 Å². The Balaban J connectivity index is 1.48. The molecule has 32 heavy (non-hydrogen) atoms. The van der Waals surface area contributed by atoms with Crippen LogP contribution in [0.25, 0.3) is 0 Å². The molecule has 0 aliphatic carbocycles. The second kappa shape index (κ2) is 10.1. The number of carbonyl (C=O) groups is 1. The highest BCUT2D eigenvalue weighted by atomic mass is 16.5. The van der Waals surface area contributed by atoms with Crippen LogP contribution in [0.15, 0.2) is 36.4 Å². The number of hydrogen-bond donors (Lipinski definition) is 2. The van der Waals surface area contributed by atoms with Crippen LogP contribution >= 0.6 is 0 Å². The number of para-hydroxylation sites is 1. The lowest BCUT2D eigenvalue weighted by Gasteiger charge is -2.35. The summed E-state index contributed by atoms with van der Waals surface area (Å²) in [5, 5.41) is 6.01. The molecular formula is C25H34N4O3. The minimum absolute atomic E-state index is 0.157. The third-order valence-corrected chi connectivity index (χ3v) is 6.55. The number of likely N-dealkylation sites (tertiary alicyclic amines) is 1. The van der Waals surface area contributed by atoms with E-state index < -0.39 is 0 Å². The van der Waals surface area contributed by atoms with Crippen LogP contribution in [0.4, 0.5) is 16.2 Å². The van der Waals surface area contributed by atoms with Gasteiger partial charge in [0.05, 0.1) is 25.9 Å². The summed E-state index contributed by atoms with van der Waals surface area (Å²) in [4.78, 5) is 17.6. The predicted octanol–water partition coefficient (Wildman–Crippen LogP) is 4.04. The molecule has 1 fully saturated rings. The van der Waals surface area contributed by atoms with Crippen molar-refractivity contribution in [1.82, 2.24) is 10.2 Å². The van der Waals surface area contributed by atoms with Gasteiger partial charge in [0, 0.05) is 25.8 Å². The molecule has 2 aliphatic rings. The molecule has 0 saturated carbocycles. The fraction of sp³-hybridized carbons (Fsp3) is 0.480. The van der Waals surface area contributed by atoms with Gasteiger partial charge in [-0.1, -0.05) is 24.6 Å². The average Bonchev–Trinajstić information content (AvgIpc) is 3.19. The number of urea groups is 1. The molecule has 0 spiro atoms. The molecule has 0 bridgehead atoms. The highest BCUT2D eigenvalue weighted by molar-refractivity contribution is 5.91. The molecule has 2 amide bonds. The second-order valence-electron chi connectivity index (χ2n) is 8.55. The molecule has 2 heterocycles. The van der Waals surface area contributed by atoms with Gasteiger partial charge in [0.15, 0.2) is 11.5 Å². The van der Waals surface area contributed by atoms with Gasteiger partial charge in [0.2, 0.25) is 0 Å². The highest BCUT2D eigenvalue weighted by Gasteiger charge is 2.25. The van der Waals surface area contributed by atoms with Gasteiger partial charge in [0.1, 0.15) is 0 Å². The fourth-order valence-corrected chi connectivity index (χ4v) is 4.82. The number of fused-ring (bicyclic) bond motifs is 1. The lowest BCUT2D eigenvalue weighted by atomic mass is 9.98. The zero-order valence-electron chi connectivity index (χ0n) is 19.3. The Hall–Kier alpha value is -2.93. The second-order valence-corrected chi connectivity index (χ2v) is 8.55. The van der Waals surface area contributed by atoms with Crippen molar-refractivity contribution in [1.29, 1.82) is 0 Å². The number of methoxy groups -OCH3 is 2. The van der Waals surface area contributed by atoms with Crippen molar-refractivity contribution in [2.75, 3.05) is 57.7 Å². The van der Waals surface area contributed by atoms with Crippen LogP contribution in [0.2, 0.25) is 0 Å². The number of rotatable bonds is 7. The van der Waals surface area contributed by atoms with Gasteiger partial charge in [-0.15, -0.1) is 0 Å². The number of hydrogen-bond acceptors (Lipinski definition) is 5. The Morgan fingerprint density at radius 3 is 2.62 bits per heavy atom. The number of amides is 2. The molecule has 4 rings (SSSR count). The quantitative estimate of drug-likeness (QED) is 0.683.